The number of nitrogens with two attached hydrogens (primary N) is 1. The van der Waals surface area contributed by atoms with Crippen LogP contribution in [0.3, 0.4) is 0 Å². The Balaban J connectivity index is 0.000001000. The summed E-state index contributed by atoms with van der Waals surface area (Å²) in [6, 6.07) is 9.83. The molecular weight excluding hydrogens is 189 g/mol. The minimum atomic E-state index is 0. The maximum atomic E-state index is 5.32. The van der Waals surface area contributed by atoms with E-state index in [0.29, 0.717) is 4.32 Å². The van der Waals surface area contributed by atoms with Gasteiger partial charge in [-0.1, -0.05) is 42.2 Å². The molecule has 0 amide bonds. The van der Waals surface area contributed by atoms with Crippen molar-refractivity contribution in [1.29, 1.82) is 0 Å². The summed E-state index contributed by atoms with van der Waals surface area (Å²) in [6.07, 6.45) is 0. The molecular formula is C7H10AlNS2. The fourth-order valence-electron chi connectivity index (χ4n) is 0.605. The molecule has 0 heterocycles. The molecule has 1 aromatic rings. The van der Waals surface area contributed by atoms with Crippen LogP contribution in [0.1, 0.15) is 0 Å². The summed E-state index contributed by atoms with van der Waals surface area (Å²) in [7, 11) is 0. The highest BCUT2D eigenvalue weighted by Gasteiger charge is 1.91. The van der Waals surface area contributed by atoms with Crippen molar-refractivity contribution >= 4 is 45.7 Å². The van der Waals surface area contributed by atoms with Crippen LogP contribution in [0.2, 0.25) is 0 Å². The maximum absolute atomic E-state index is 5.32. The molecule has 0 spiro atoms. The van der Waals surface area contributed by atoms with Gasteiger partial charge in [0, 0.05) is 4.90 Å². The van der Waals surface area contributed by atoms with Crippen molar-refractivity contribution in [1.82, 2.24) is 0 Å². The van der Waals surface area contributed by atoms with Crippen molar-refractivity contribution in [2.24, 2.45) is 5.73 Å². The quantitative estimate of drug-likeness (QED) is 0.412. The van der Waals surface area contributed by atoms with Gasteiger partial charge in [-0.2, -0.15) is 0 Å². The minimum absolute atomic E-state index is 0. The van der Waals surface area contributed by atoms with E-state index >= 15 is 0 Å². The monoisotopic (exact) mass is 199 g/mol. The highest BCUT2D eigenvalue weighted by Crippen LogP contribution is 2.15. The second-order valence-electron chi connectivity index (χ2n) is 1.73. The van der Waals surface area contributed by atoms with Gasteiger partial charge in [-0.3, -0.25) is 0 Å². The van der Waals surface area contributed by atoms with E-state index in [1.807, 2.05) is 30.3 Å². The number of benzene rings is 1. The molecule has 0 radical (unpaired) electrons. The zero-order valence-electron chi connectivity index (χ0n) is 5.28. The number of thiocarbonyl (C=S) groups is 1. The Hall–Kier alpha value is -0.00753. The Bertz CT molecular complexity index is 225. The highest BCUT2D eigenvalue weighted by atomic mass is 32.2. The van der Waals surface area contributed by atoms with Crippen LogP contribution in [0, 0.1) is 0 Å². The molecule has 0 aliphatic rings. The normalized spacial score (nSPS) is 8.36. The SMILES string of the molecule is NC(=S)Sc1ccccc1.[AlH3]. The molecule has 0 bridgehead atoms. The van der Waals surface area contributed by atoms with Gasteiger partial charge in [0.25, 0.3) is 0 Å². The third-order valence-electron chi connectivity index (χ3n) is 0.962. The Morgan fingerprint density at radius 1 is 1.27 bits per heavy atom. The first kappa shape index (κ1) is 11.0. The largest absolute Gasteiger partial charge is 0.384 e. The third kappa shape index (κ3) is 4.44. The van der Waals surface area contributed by atoms with E-state index in [4.69, 9.17) is 18.0 Å². The van der Waals surface area contributed by atoms with Crippen molar-refractivity contribution in [2.75, 3.05) is 0 Å². The van der Waals surface area contributed by atoms with Gasteiger partial charge >= 0.3 is 0 Å². The van der Waals surface area contributed by atoms with Crippen molar-refractivity contribution in [2.45, 2.75) is 4.90 Å². The van der Waals surface area contributed by atoms with Crippen LogP contribution in [0.5, 0.6) is 0 Å². The summed E-state index contributed by atoms with van der Waals surface area (Å²) < 4.78 is 0.464. The van der Waals surface area contributed by atoms with Crippen molar-refractivity contribution in [3.05, 3.63) is 30.3 Å². The van der Waals surface area contributed by atoms with E-state index in [2.05, 4.69) is 0 Å². The second kappa shape index (κ2) is 5.62. The second-order valence-corrected chi connectivity index (χ2v) is 3.55. The zero-order valence-corrected chi connectivity index (χ0v) is 6.91. The van der Waals surface area contributed by atoms with Crippen LogP contribution in [-0.2, 0) is 0 Å². The lowest BCUT2D eigenvalue weighted by Gasteiger charge is -1.95. The predicted octanol–water partition coefficient (Wildman–Crippen LogP) is 0.838. The molecule has 0 fully saturated rings. The van der Waals surface area contributed by atoms with Gasteiger partial charge in [0.2, 0.25) is 0 Å². The molecule has 0 aliphatic heterocycles. The topological polar surface area (TPSA) is 26.0 Å². The van der Waals surface area contributed by atoms with E-state index in [1.54, 1.807) is 0 Å². The molecule has 11 heavy (non-hydrogen) atoms. The highest BCUT2D eigenvalue weighted by molar-refractivity contribution is 8.22. The summed E-state index contributed by atoms with van der Waals surface area (Å²) >= 11 is 6.13. The van der Waals surface area contributed by atoms with Crippen molar-refractivity contribution < 1.29 is 0 Å². The maximum Gasteiger partial charge on any atom is 0.187 e. The molecule has 0 saturated carbocycles. The predicted molar refractivity (Wildman–Crippen MR) is 59.0 cm³/mol. The Labute approximate surface area is 86.5 Å². The van der Waals surface area contributed by atoms with E-state index < -0.39 is 0 Å². The van der Waals surface area contributed by atoms with Crippen LogP contribution >= 0.6 is 24.0 Å². The molecule has 0 saturated heterocycles. The number of rotatable bonds is 1. The van der Waals surface area contributed by atoms with E-state index in [0.717, 1.165) is 4.90 Å². The molecule has 0 aliphatic carbocycles. The molecule has 4 heteroatoms. The minimum Gasteiger partial charge on any atom is -0.384 e. The first-order valence-electron chi connectivity index (χ1n) is 2.81. The Kier molecular flexibility index (Phi) is 5.61. The van der Waals surface area contributed by atoms with Crippen LogP contribution in [0.4, 0.5) is 0 Å². The van der Waals surface area contributed by atoms with Gasteiger partial charge in [-0.15, -0.1) is 0 Å². The summed E-state index contributed by atoms with van der Waals surface area (Å²) in [6.45, 7) is 0. The van der Waals surface area contributed by atoms with Gasteiger partial charge in [0.1, 0.15) is 4.32 Å². The van der Waals surface area contributed by atoms with Gasteiger partial charge in [-0.05, 0) is 12.1 Å². The average Bonchev–Trinajstić information content (AvgIpc) is 1.88. The van der Waals surface area contributed by atoms with E-state index in [-0.39, 0.29) is 17.4 Å². The average molecular weight is 199 g/mol. The standard InChI is InChI=1S/C7H7NS2.Al.3H/c8-7(9)10-6-4-2-1-3-5-6;;;;/h1-5H,(H2,8,9);;;;. The van der Waals surface area contributed by atoms with Gasteiger partial charge < -0.3 is 5.73 Å². The molecule has 1 rings (SSSR count). The van der Waals surface area contributed by atoms with E-state index in [1.165, 1.54) is 11.8 Å². The van der Waals surface area contributed by atoms with Gasteiger partial charge in [-0.25, -0.2) is 0 Å². The molecule has 2 N–H and O–H groups in total. The Morgan fingerprint density at radius 2 is 1.82 bits per heavy atom. The smallest absolute Gasteiger partial charge is 0.187 e. The molecule has 58 valence electrons. The summed E-state index contributed by atoms with van der Waals surface area (Å²) in [5.74, 6) is 0. The Morgan fingerprint density at radius 3 is 2.27 bits per heavy atom. The zero-order chi connectivity index (χ0) is 7.40. The third-order valence-corrected chi connectivity index (χ3v) is 1.92. The van der Waals surface area contributed by atoms with Crippen LogP contribution in [0.25, 0.3) is 0 Å². The molecule has 0 aromatic heterocycles. The summed E-state index contributed by atoms with van der Waals surface area (Å²) in [5.41, 5.74) is 5.32. The van der Waals surface area contributed by atoms with E-state index in [9.17, 15) is 0 Å². The van der Waals surface area contributed by atoms with Crippen LogP contribution in [-0.4, -0.2) is 21.7 Å². The van der Waals surface area contributed by atoms with Gasteiger partial charge in [0.05, 0.1) is 0 Å². The molecule has 1 aromatic carbocycles. The van der Waals surface area contributed by atoms with Gasteiger partial charge in [0.15, 0.2) is 17.4 Å². The molecule has 1 nitrogen and oxygen atoms in total. The lowest BCUT2D eigenvalue weighted by Crippen LogP contribution is -2.00. The lowest BCUT2D eigenvalue weighted by atomic mass is 10.4. The summed E-state index contributed by atoms with van der Waals surface area (Å²) in [5, 5.41) is 0. The molecule has 0 atom stereocenters. The number of thioether (sulfide) groups is 1. The fraction of sp³-hybridized carbons (Fsp3) is 0. The fourth-order valence-corrected chi connectivity index (χ4v) is 1.42. The van der Waals surface area contributed by atoms with Crippen LogP contribution < -0.4 is 5.73 Å². The number of hydrogen-bond donors (Lipinski definition) is 1. The summed E-state index contributed by atoms with van der Waals surface area (Å²) in [4.78, 5) is 1.09. The number of hydrogen-bond acceptors (Lipinski definition) is 2. The first-order chi connectivity index (χ1) is 4.79. The van der Waals surface area contributed by atoms with Crippen molar-refractivity contribution in [3.8, 4) is 0 Å². The lowest BCUT2D eigenvalue weighted by molar-refractivity contribution is 1.47. The molecule has 0 unspecified atom stereocenters. The van der Waals surface area contributed by atoms with Crippen LogP contribution in [0.15, 0.2) is 35.2 Å². The van der Waals surface area contributed by atoms with Crippen molar-refractivity contribution in [3.63, 3.8) is 0 Å². The first-order valence-corrected chi connectivity index (χ1v) is 4.04.